The molecule has 0 saturated heterocycles. The van der Waals surface area contributed by atoms with E-state index in [1.54, 1.807) is 0 Å². The number of hydrogen-bond donors (Lipinski definition) is 1. The zero-order valence-electron chi connectivity index (χ0n) is 9.30. The van der Waals surface area contributed by atoms with Crippen LogP contribution in [-0.2, 0) is 10.2 Å². The summed E-state index contributed by atoms with van der Waals surface area (Å²) in [6.07, 6.45) is 0. The first-order valence-electron chi connectivity index (χ1n) is 4.93. The summed E-state index contributed by atoms with van der Waals surface area (Å²) in [5, 5.41) is 3.56. The molecule has 0 radical (unpaired) electrons. The van der Waals surface area contributed by atoms with E-state index >= 15 is 0 Å². The van der Waals surface area contributed by atoms with Crippen molar-refractivity contribution >= 4 is 17.5 Å². The molecule has 0 atom stereocenters. The van der Waals surface area contributed by atoms with Crippen molar-refractivity contribution in [1.29, 1.82) is 0 Å². The van der Waals surface area contributed by atoms with Gasteiger partial charge in [0.2, 0.25) is 5.91 Å². The van der Waals surface area contributed by atoms with Crippen molar-refractivity contribution in [2.24, 2.45) is 0 Å². The molecule has 0 aliphatic rings. The fourth-order valence-electron chi connectivity index (χ4n) is 1.45. The van der Waals surface area contributed by atoms with E-state index in [0.29, 0.717) is 6.54 Å². The zero-order chi connectivity index (χ0) is 11.5. The molecule has 1 aromatic carbocycles. The van der Waals surface area contributed by atoms with Gasteiger partial charge in [-0.15, -0.1) is 0 Å². The van der Waals surface area contributed by atoms with Gasteiger partial charge in [0, 0.05) is 23.9 Å². The van der Waals surface area contributed by atoms with Crippen LogP contribution in [0.5, 0.6) is 0 Å². The molecular formula is C12H16ClNO. The van der Waals surface area contributed by atoms with Gasteiger partial charge in [0.1, 0.15) is 0 Å². The molecule has 3 heteroatoms. The Morgan fingerprint density at radius 2 is 2.00 bits per heavy atom. The van der Waals surface area contributed by atoms with Crippen LogP contribution < -0.4 is 5.32 Å². The molecule has 0 saturated carbocycles. The van der Waals surface area contributed by atoms with Crippen LogP contribution in [0.25, 0.3) is 0 Å². The van der Waals surface area contributed by atoms with Crippen molar-refractivity contribution in [3.63, 3.8) is 0 Å². The van der Waals surface area contributed by atoms with Gasteiger partial charge >= 0.3 is 0 Å². The van der Waals surface area contributed by atoms with E-state index in [1.807, 2.05) is 24.3 Å². The van der Waals surface area contributed by atoms with E-state index in [4.69, 9.17) is 11.6 Å². The average molecular weight is 226 g/mol. The fourth-order valence-corrected chi connectivity index (χ4v) is 1.84. The van der Waals surface area contributed by atoms with Gasteiger partial charge < -0.3 is 5.32 Å². The molecule has 0 aliphatic heterocycles. The van der Waals surface area contributed by atoms with Crippen LogP contribution in [0.3, 0.4) is 0 Å². The molecule has 82 valence electrons. The van der Waals surface area contributed by atoms with Crippen molar-refractivity contribution in [3.8, 4) is 0 Å². The van der Waals surface area contributed by atoms with E-state index in [2.05, 4.69) is 19.2 Å². The number of hydrogen-bond acceptors (Lipinski definition) is 1. The normalized spacial score (nSPS) is 11.2. The second-order valence-electron chi connectivity index (χ2n) is 4.27. The highest BCUT2D eigenvalue weighted by Crippen LogP contribution is 2.28. The number of benzene rings is 1. The summed E-state index contributed by atoms with van der Waals surface area (Å²) in [5.41, 5.74) is 0.907. The Bertz CT molecular complexity index is 360. The van der Waals surface area contributed by atoms with Gasteiger partial charge in [0.25, 0.3) is 0 Å². The summed E-state index contributed by atoms with van der Waals surface area (Å²) in [7, 11) is 0. The van der Waals surface area contributed by atoms with Crippen molar-refractivity contribution < 1.29 is 4.79 Å². The Morgan fingerprint density at radius 3 is 2.53 bits per heavy atom. The van der Waals surface area contributed by atoms with E-state index in [9.17, 15) is 4.79 Å². The molecule has 0 aromatic heterocycles. The topological polar surface area (TPSA) is 29.1 Å². The molecule has 1 rings (SSSR count). The SMILES string of the molecule is CC(=O)NCC(C)(C)c1ccccc1Cl. The molecule has 1 amide bonds. The summed E-state index contributed by atoms with van der Waals surface area (Å²) < 4.78 is 0. The predicted molar refractivity (Wildman–Crippen MR) is 63.2 cm³/mol. The number of rotatable bonds is 3. The van der Waals surface area contributed by atoms with E-state index in [-0.39, 0.29) is 11.3 Å². The summed E-state index contributed by atoms with van der Waals surface area (Å²) >= 11 is 6.11. The fraction of sp³-hybridized carbons (Fsp3) is 0.417. The molecule has 2 nitrogen and oxygen atoms in total. The first-order chi connectivity index (χ1) is 6.93. The Balaban J connectivity index is 2.85. The molecule has 0 aliphatic carbocycles. The van der Waals surface area contributed by atoms with E-state index in [1.165, 1.54) is 6.92 Å². The summed E-state index contributed by atoms with van der Waals surface area (Å²) in [6.45, 7) is 6.23. The van der Waals surface area contributed by atoms with Crippen LogP contribution in [0.2, 0.25) is 5.02 Å². The molecule has 15 heavy (non-hydrogen) atoms. The third-order valence-electron chi connectivity index (χ3n) is 2.38. The molecule has 0 bridgehead atoms. The second kappa shape index (κ2) is 4.67. The number of nitrogens with one attached hydrogen (secondary N) is 1. The van der Waals surface area contributed by atoms with Crippen LogP contribution in [-0.4, -0.2) is 12.5 Å². The summed E-state index contributed by atoms with van der Waals surface area (Å²) in [6, 6.07) is 7.72. The average Bonchev–Trinajstić information content (AvgIpc) is 2.15. The van der Waals surface area contributed by atoms with Gasteiger partial charge in [0.15, 0.2) is 0 Å². The van der Waals surface area contributed by atoms with Crippen LogP contribution >= 0.6 is 11.6 Å². The molecule has 1 aromatic rings. The Kier molecular flexibility index (Phi) is 3.75. The maximum absolute atomic E-state index is 10.9. The van der Waals surface area contributed by atoms with Crippen molar-refractivity contribution in [2.75, 3.05) is 6.54 Å². The Labute approximate surface area is 95.6 Å². The molecule has 0 spiro atoms. The van der Waals surface area contributed by atoms with Gasteiger partial charge in [-0.2, -0.15) is 0 Å². The first kappa shape index (κ1) is 12.1. The number of halogens is 1. The monoisotopic (exact) mass is 225 g/mol. The van der Waals surface area contributed by atoms with Crippen LogP contribution in [0, 0.1) is 0 Å². The van der Waals surface area contributed by atoms with Gasteiger partial charge in [-0.1, -0.05) is 43.6 Å². The largest absolute Gasteiger partial charge is 0.355 e. The third kappa shape index (κ3) is 3.24. The molecular weight excluding hydrogens is 210 g/mol. The minimum atomic E-state index is -0.149. The smallest absolute Gasteiger partial charge is 0.216 e. The van der Waals surface area contributed by atoms with Crippen LogP contribution in [0.1, 0.15) is 26.3 Å². The first-order valence-corrected chi connectivity index (χ1v) is 5.31. The Morgan fingerprint density at radius 1 is 1.40 bits per heavy atom. The lowest BCUT2D eigenvalue weighted by atomic mass is 9.84. The Hall–Kier alpha value is -1.02. The molecule has 0 fully saturated rings. The third-order valence-corrected chi connectivity index (χ3v) is 2.71. The lowest BCUT2D eigenvalue weighted by Gasteiger charge is -2.26. The summed E-state index contributed by atoms with van der Waals surface area (Å²) in [5.74, 6) is -0.0184. The molecule has 1 N–H and O–H groups in total. The van der Waals surface area contributed by atoms with Crippen molar-refractivity contribution in [3.05, 3.63) is 34.9 Å². The zero-order valence-corrected chi connectivity index (χ0v) is 10.1. The number of carbonyl (C=O) groups excluding carboxylic acids is 1. The lowest BCUT2D eigenvalue weighted by Crippen LogP contribution is -2.35. The van der Waals surface area contributed by atoms with E-state index in [0.717, 1.165) is 10.6 Å². The highest BCUT2D eigenvalue weighted by Gasteiger charge is 2.22. The standard InChI is InChI=1S/C12H16ClNO/c1-9(15)14-8-12(2,3)10-6-4-5-7-11(10)13/h4-7H,8H2,1-3H3,(H,14,15). The van der Waals surface area contributed by atoms with Crippen molar-refractivity contribution in [1.82, 2.24) is 5.32 Å². The molecule has 0 heterocycles. The lowest BCUT2D eigenvalue weighted by molar-refractivity contribution is -0.119. The maximum atomic E-state index is 10.9. The maximum Gasteiger partial charge on any atom is 0.216 e. The van der Waals surface area contributed by atoms with Gasteiger partial charge in [-0.3, -0.25) is 4.79 Å². The van der Waals surface area contributed by atoms with Gasteiger partial charge in [0.05, 0.1) is 0 Å². The van der Waals surface area contributed by atoms with E-state index < -0.39 is 0 Å². The quantitative estimate of drug-likeness (QED) is 0.842. The van der Waals surface area contributed by atoms with Crippen LogP contribution in [0.4, 0.5) is 0 Å². The van der Waals surface area contributed by atoms with Gasteiger partial charge in [-0.05, 0) is 11.6 Å². The molecule has 0 unspecified atom stereocenters. The highest BCUT2D eigenvalue weighted by atomic mass is 35.5. The minimum absolute atomic E-state index is 0.0184. The summed E-state index contributed by atoms with van der Waals surface area (Å²) in [4.78, 5) is 10.9. The highest BCUT2D eigenvalue weighted by molar-refractivity contribution is 6.31. The number of carbonyl (C=O) groups is 1. The van der Waals surface area contributed by atoms with Crippen molar-refractivity contribution in [2.45, 2.75) is 26.2 Å². The second-order valence-corrected chi connectivity index (χ2v) is 4.68. The van der Waals surface area contributed by atoms with Gasteiger partial charge in [-0.25, -0.2) is 0 Å². The predicted octanol–water partition coefficient (Wildman–Crippen LogP) is 2.75. The van der Waals surface area contributed by atoms with Crippen LogP contribution in [0.15, 0.2) is 24.3 Å². The minimum Gasteiger partial charge on any atom is -0.355 e. The number of amides is 1.